The van der Waals surface area contributed by atoms with Crippen molar-refractivity contribution in [2.45, 2.75) is 58.0 Å². The third-order valence-corrected chi connectivity index (χ3v) is 5.37. The maximum atomic E-state index is 12.2. The predicted octanol–water partition coefficient (Wildman–Crippen LogP) is 2.72. The van der Waals surface area contributed by atoms with E-state index in [9.17, 15) is 24.6 Å². The van der Waals surface area contributed by atoms with Crippen LogP contribution in [-0.2, 0) is 35.2 Å². The van der Waals surface area contributed by atoms with Crippen molar-refractivity contribution >= 4 is 17.9 Å². The molecule has 2 N–H and O–H groups in total. The van der Waals surface area contributed by atoms with E-state index in [-0.39, 0.29) is 32.4 Å². The monoisotopic (exact) mass is 471 g/mol. The average molecular weight is 472 g/mol. The topological polar surface area (TPSA) is 123 Å². The number of fused-ring (bicyclic) bond motifs is 1. The number of benzene rings is 2. The van der Waals surface area contributed by atoms with Crippen molar-refractivity contribution in [1.82, 2.24) is 4.90 Å². The zero-order valence-corrected chi connectivity index (χ0v) is 19.0. The Balaban J connectivity index is 1.42. The summed E-state index contributed by atoms with van der Waals surface area (Å²) in [4.78, 5) is 37.0. The molecule has 0 radical (unpaired) electrons. The minimum Gasteiger partial charge on any atom is -0.461 e. The third kappa shape index (κ3) is 7.11. The first-order chi connectivity index (χ1) is 16.3. The van der Waals surface area contributed by atoms with Crippen LogP contribution in [0.5, 0.6) is 0 Å². The molecule has 1 aliphatic rings. The third-order valence-electron chi connectivity index (χ3n) is 5.37. The molecule has 182 valence electrons. The molecule has 9 heteroatoms. The zero-order chi connectivity index (χ0) is 24.5. The number of aliphatic hydroxyl groups is 2. The quantitative estimate of drug-likeness (QED) is 0.376. The molecule has 0 bridgehead atoms. The van der Waals surface area contributed by atoms with Gasteiger partial charge in [0.1, 0.15) is 19.1 Å². The molecule has 3 unspecified atom stereocenters. The molecule has 0 spiro atoms. The van der Waals surface area contributed by atoms with Crippen molar-refractivity contribution in [3.05, 3.63) is 71.3 Å². The van der Waals surface area contributed by atoms with E-state index in [4.69, 9.17) is 14.2 Å². The van der Waals surface area contributed by atoms with Crippen LogP contribution in [-0.4, -0.2) is 45.9 Å². The Morgan fingerprint density at radius 3 is 2.09 bits per heavy atom. The summed E-state index contributed by atoms with van der Waals surface area (Å²) in [5.74, 6) is -1.85. The molecule has 0 amide bonds. The van der Waals surface area contributed by atoms with Gasteiger partial charge in [-0.3, -0.25) is 14.4 Å². The summed E-state index contributed by atoms with van der Waals surface area (Å²) in [6.07, 6.45) is -2.90. The number of carbonyl (C=O) groups is 3. The highest BCUT2D eigenvalue weighted by Crippen LogP contribution is 2.38. The molecule has 2 aromatic carbocycles. The molecule has 3 rings (SSSR count). The molecule has 1 heterocycles. The summed E-state index contributed by atoms with van der Waals surface area (Å²) in [5, 5.41) is 20.9. The summed E-state index contributed by atoms with van der Waals surface area (Å²) < 4.78 is 15.4. The Hall–Kier alpha value is -3.27. The summed E-state index contributed by atoms with van der Waals surface area (Å²) in [7, 11) is 0. The van der Waals surface area contributed by atoms with E-state index in [1.54, 1.807) is 24.3 Å². The molecule has 0 saturated heterocycles. The number of nitrogens with zero attached hydrogens (tertiary/aromatic N) is 1. The lowest BCUT2D eigenvalue weighted by atomic mass is 10.1. The van der Waals surface area contributed by atoms with Gasteiger partial charge in [-0.25, -0.2) is 4.90 Å². The second-order valence-corrected chi connectivity index (χ2v) is 7.93. The molecule has 0 saturated carbocycles. The molecule has 2 aromatic rings. The van der Waals surface area contributed by atoms with Crippen molar-refractivity contribution < 1.29 is 38.8 Å². The highest BCUT2D eigenvalue weighted by atomic mass is 16.7. The molecule has 1 aliphatic heterocycles. The number of rotatable bonds is 11. The molecule has 34 heavy (non-hydrogen) atoms. The van der Waals surface area contributed by atoms with E-state index in [1.165, 1.54) is 11.8 Å². The van der Waals surface area contributed by atoms with Gasteiger partial charge in [0, 0.05) is 31.0 Å². The fourth-order valence-corrected chi connectivity index (χ4v) is 3.70. The highest BCUT2D eigenvalue weighted by molar-refractivity contribution is 5.77. The Morgan fingerprint density at radius 1 is 0.882 bits per heavy atom. The summed E-state index contributed by atoms with van der Waals surface area (Å²) in [6.45, 7) is 1.59. The second kappa shape index (κ2) is 12.3. The minimum atomic E-state index is -1.13. The van der Waals surface area contributed by atoms with Crippen molar-refractivity contribution in [1.29, 1.82) is 0 Å². The van der Waals surface area contributed by atoms with Crippen LogP contribution in [0.3, 0.4) is 0 Å². The lowest BCUT2D eigenvalue weighted by Crippen LogP contribution is -2.29. The lowest BCUT2D eigenvalue weighted by Gasteiger charge is -2.25. The normalized spacial score (nSPS) is 18.1. The van der Waals surface area contributed by atoms with Crippen LogP contribution < -0.4 is 0 Å². The fourth-order valence-electron chi connectivity index (χ4n) is 3.70. The van der Waals surface area contributed by atoms with E-state index >= 15 is 0 Å². The van der Waals surface area contributed by atoms with Crippen LogP contribution >= 0.6 is 0 Å². The Bertz CT molecular complexity index is 951. The van der Waals surface area contributed by atoms with E-state index < -0.39 is 36.7 Å². The van der Waals surface area contributed by atoms with Crippen LogP contribution in [0.4, 0.5) is 0 Å². The first-order valence-corrected chi connectivity index (χ1v) is 11.1. The van der Waals surface area contributed by atoms with E-state index in [0.717, 1.165) is 5.56 Å². The van der Waals surface area contributed by atoms with Gasteiger partial charge in [-0.05, 0) is 12.0 Å². The molecule has 3 atom stereocenters. The number of ether oxygens (including phenoxy) is 3. The zero-order valence-electron chi connectivity index (χ0n) is 19.0. The molecular weight excluding hydrogens is 442 g/mol. The van der Waals surface area contributed by atoms with Crippen molar-refractivity contribution in [2.75, 3.05) is 6.54 Å². The van der Waals surface area contributed by atoms with Gasteiger partial charge in [0.2, 0.25) is 6.29 Å². The van der Waals surface area contributed by atoms with Crippen LogP contribution in [0.15, 0.2) is 54.6 Å². The van der Waals surface area contributed by atoms with Crippen LogP contribution in [0.25, 0.3) is 0 Å². The largest absolute Gasteiger partial charge is 0.461 e. The molecule has 0 fully saturated rings. The minimum absolute atomic E-state index is 0.114. The smallest absolute Gasteiger partial charge is 0.309 e. The van der Waals surface area contributed by atoms with E-state index in [2.05, 4.69) is 0 Å². The van der Waals surface area contributed by atoms with E-state index in [0.29, 0.717) is 17.5 Å². The number of hydrogen-bond donors (Lipinski definition) is 2. The molecule has 0 aromatic heterocycles. The van der Waals surface area contributed by atoms with Gasteiger partial charge in [0.05, 0.1) is 12.8 Å². The predicted molar refractivity (Wildman–Crippen MR) is 119 cm³/mol. The van der Waals surface area contributed by atoms with Crippen molar-refractivity contribution in [2.24, 2.45) is 0 Å². The number of carbonyl (C=O) groups excluding carboxylic acids is 3. The van der Waals surface area contributed by atoms with Crippen molar-refractivity contribution in [3.8, 4) is 0 Å². The summed E-state index contributed by atoms with van der Waals surface area (Å²) in [6, 6.07) is 16.2. The van der Waals surface area contributed by atoms with Gasteiger partial charge in [-0.2, -0.15) is 0 Å². The van der Waals surface area contributed by atoms with Crippen LogP contribution in [0, 0.1) is 0 Å². The summed E-state index contributed by atoms with van der Waals surface area (Å²) in [5.41, 5.74) is 2.11. The number of hydrogen-bond acceptors (Lipinski definition) is 9. The average Bonchev–Trinajstić information content (AvgIpc) is 3.06. The Labute approximate surface area is 197 Å². The van der Waals surface area contributed by atoms with Gasteiger partial charge in [-0.1, -0.05) is 54.6 Å². The standard InChI is InChI=1S/C25H29NO8/c1-17(27)33-23(12-7-15-26-24(30)19-10-5-6-11-20(19)25(26)31)34-22(29)14-13-21(28)32-16-18-8-3-2-4-9-18/h2-6,8-11,23-25,30-31H,7,12-16H2,1H3. The first-order valence-electron chi connectivity index (χ1n) is 11.1. The number of esters is 3. The van der Waals surface area contributed by atoms with Crippen LogP contribution in [0.1, 0.15) is 61.8 Å². The first kappa shape index (κ1) is 25.4. The molecule has 0 aliphatic carbocycles. The van der Waals surface area contributed by atoms with Gasteiger partial charge in [0.25, 0.3) is 0 Å². The maximum absolute atomic E-state index is 12.2. The molecular formula is C25H29NO8. The SMILES string of the molecule is CC(=O)OC(CCCN1C(O)c2ccccc2C1O)OC(=O)CCC(=O)OCc1ccccc1. The fraction of sp³-hybridized carbons (Fsp3) is 0.400. The van der Waals surface area contributed by atoms with Gasteiger partial charge < -0.3 is 24.4 Å². The maximum Gasteiger partial charge on any atom is 0.309 e. The number of aliphatic hydroxyl groups excluding tert-OH is 2. The lowest BCUT2D eigenvalue weighted by molar-refractivity contribution is -0.189. The Kier molecular flexibility index (Phi) is 9.15. The second-order valence-electron chi connectivity index (χ2n) is 7.93. The highest BCUT2D eigenvalue weighted by Gasteiger charge is 2.35. The van der Waals surface area contributed by atoms with E-state index in [1.807, 2.05) is 30.3 Å². The van der Waals surface area contributed by atoms with Crippen LogP contribution in [0.2, 0.25) is 0 Å². The molecule has 9 nitrogen and oxygen atoms in total. The summed E-state index contributed by atoms with van der Waals surface area (Å²) >= 11 is 0. The van der Waals surface area contributed by atoms with Gasteiger partial charge in [-0.15, -0.1) is 0 Å². The Morgan fingerprint density at radius 2 is 1.47 bits per heavy atom. The van der Waals surface area contributed by atoms with Gasteiger partial charge >= 0.3 is 17.9 Å². The van der Waals surface area contributed by atoms with Gasteiger partial charge in [0.15, 0.2) is 0 Å². The van der Waals surface area contributed by atoms with Crippen molar-refractivity contribution in [3.63, 3.8) is 0 Å².